The van der Waals surface area contributed by atoms with Crippen molar-refractivity contribution in [2.45, 2.75) is 51.3 Å². The van der Waals surface area contributed by atoms with Crippen LogP contribution in [0.5, 0.6) is 0 Å². The summed E-state index contributed by atoms with van der Waals surface area (Å²) in [5.74, 6) is 0. The highest BCUT2D eigenvalue weighted by molar-refractivity contribution is 7.92. The average Bonchev–Trinajstić information content (AvgIpc) is 2.03. The summed E-state index contributed by atoms with van der Waals surface area (Å²) < 4.78 is 22.5. The Hall–Kier alpha value is -0.0900. The number of hydrogen-bond donors (Lipinski definition) is 1. The predicted octanol–water partition coefficient (Wildman–Crippen LogP) is 1.59. The molecular formula is C10H23NO2S. The van der Waals surface area contributed by atoms with Crippen LogP contribution in [0.1, 0.15) is 40.5 Å². The van der Waals surface area contributed by atoms with E-state index in [1.165, 1.54) is 6.26 Å². The molecule has 0 fully saturated rings. The molecule has 0 aromatic carbocycles. The molecule has 0 bridgehead atoms. The smallest absolute Gasteiger partial charge is 0.154 e. The topological polar surface area (TPSA) is 46.2 Å². The molecule has 1 N–H and O–H groups in total. The molecule has 86 valence electrons. The molecule has 0 spiro atoms. The van der Waals surface area contributed by atoms with Gasteiger partial charge in [-0.05, 0) is 33.2 Å². The minimum absolute atomic E-state index is 0.0393. The van der Waals surface area contributed by atoms with Gasteiger partial charge in [0.15, 0.2) is 9.84 Å². The molecule has 0 aromatic heterocycles. The SMILES string of the molecule is CCCNC(CC)C(C)(C)S(C)(=O)=O. The van der Waals surface area contributed by atoms with Crippen LogP contribution in [0.4, 0.5) is 0 Å². The van der Waals surface area contributed by atoms with Gasteiger partial charge in [-0.25, -0.2) is 8.42 Å². The lowest BCUT2D eigenvalue weighted by Gasteiger charge is -2.32. The highest BCUT2D eigenvalue weighted by atomic mass is 32.2. The Balaban J connectivity index is 4.66. The zero-order valence-electron chi connectivity index (χ0n) is 9.92. The van der Waals surface area contributed by atoms with Crippen LogP contribution in [0.2, 0.25) is 0 Å². The number of nitrogens with one attached hydrogen (secondary N) is 1. The Morgan fingerprint density at radius 2 is 1.79 bits per heavy atom. The first kappa shape index (κ1) is 13.9. The maximum Gasteiger partial charge on any atom is 0.154 e. The molecular weight excluding hydrogens is 198 g/mol. The van der Waals surface area contributed by atoms with E-state index in [2.05, 4.69) is 12.2 Å². The molecule has 0 aromatic rings. The van der Waals surface area contributed by atoms with Crippen molar-refractivity contribution in [3.05, 3.63) is 0 Å². The van der Waals surface area contributed by atoms with E-state index in [1.807, 2.05) is 6.92 Å². The van der Waals surface area contributed by atoms with Crippen LogP contribution in [-0.2, 0) is 9.84 Å². The van der Waals surface area contributed by atoms with Crippen LogP contribution < -0.4 is 5.32 Å². The fraction of sp³-hybridized carbons (Fsp3) is 1.00. The predicted molar refractivity (Wildman–Crippen MR) is 61.3 cm³/mol. The average molecular weight is 221 g/mol. The summed E-state index contributed by atoms with van der Waals surface area (Å²) in [5.41, 5.74) is 0. The number of sulfone groups is 1. The van der Waals surface area contributed by atoms with Crippen LogP contribution >= 0.6 is 0 Å². The van der Waals surface area contributed by atoms with Crippen LogP contribution in [0.25, 0.3) is 0 Å². The summed E-state index contributed by atoms with van der Waals surface area (Å²) in [5, 5.41) is 3.29. The third-order valence-electron chi connectivity index (χ3n) is 2.84. The normalized spacial score (nSPS) is 15.5. The third kappa shape index (κ3) is 3.24. The van der Waals surface area contributed by atoms with E-state index in [0.717, 1.165) is 19.4 Å². The standard InChI is InChI=1S/C10H23NO2S/c1-6-8-11-9(7-2)10(3,4)14(5,12)13/h9,11H,6-8H2,1-5H3. The van der Waals surface area contributed by atoms with Crippen molar-refractivity contribution in [1.29, 1.82) is 0 Å². The van der Waals surface area contributed by atoms with E-state index in [0.29, 0.717) is 0 Å². The fourth-order valence-corrected chi connectivity index (χ4v) is 2.23. The van der Waals surface area contributed by atoms with Gasteiger partial charge in [-0.15, -0.1) is 0 Å². The minimum atomic E-state index is -3.01. The molecule has 3 nitrogen and oxygen atoms in total. The van der Waals surface area contributed by atoms with Crippen molar-refractivity contribution >= 4 is 9.84 Å². The van der Waals surface area contributed by atoms with Gasteiger partial charge in [0, 0.05) is 12.3 Å². The summed E-state index contributed by atoms with van der Waals surface area (Å²) >= 11 is 0. The van der Waals surface area contributed by atoms with E-state index in [4.69, 9.17) is 0 Å². The van der Waals surface area contributed by atoms with Crippen molar-refractivity contribution in [1.82, 2.24) is 5.32 Å². The molecule has 0 saturated carbocycles. The van der Waals surface area contributed by atoms with Crippen LogP contribution in [0.3, 0.4) is 0 Å². The first-order valence-corrected chi connectivity index (χ1v) is 7.09. The van der Waals surface area contributed by atoms with E-state index in [9.17, 15) is 8.42 Å². The molecule has 1 atom stereocenters. The number of rotatable bonds is 6. The lowest BCUT2D eigenvalue weighted by Crippen LogP contribution is -2.51. The molecule has 1 unspecified atom stereocenters. The molecule has 0 amide bonds. The summed E-state index contributed by atoms with van der Waals surface area (Å²) in [6, 6.07) is 0.0393. The van der Waals surface area contributed by atoms with Crippen molar-refractivity contribution in [2.24, 2.45) is 0 Å². The van der Waals surface area contributed by atoms with Crippen LogP contribution in [0.15, 0.2) is 0 Å². The summed E-state index contributed by atoms with van der Waals surface area (Å²) in [6.45, 7) is 8.54. The summed E-state index contributed by atoms with van der Waals surface area (Å²) in [4.78, 5) is 0. The van der Waals surface area contributed by atoms with E-state index in [1.54, 1.807) is 13.8 Å². The molecule has 0 saturated heterocycles. The molecule has 0 aliphatic heterocycles. The monoisotopic (exact) mass is 221 g/mol. The maximum absolute atomic E-state index is 11.6. The lowest BCUT2D eigenvalue weighted by molar-refractivity contribution is 0.399. The molecule has 0 heterocycles. The maximum atomic E-state index is 11.6. The van der Waals surface area contributed by atoms with Gasteiger partial charge in [0.25, 0.3) is 0 Å². The van der Waals surface area contributed by atoms with Gasteiger partial charge in [-0.1, -0.05) is 13.8 Å². The molecule has 14 heavy (non-hydrogen) atoms. The second-order valence-corrected chi connectivity index (χ2v) is 6.89. The second-order valence-electron chi connectivity index (χ2n) is 4.29. The Kier molecular flexibility index (Phi) is 5.09. The zero-order valence-corrected chi connectivity index (χ0v) is 10.7. The molecule has 0 radical (unpaired) electrons. The van der Waals surface area contributed by atoms with Gasteiger partial charge in [-0.3, -0.25) is 0 Å². The van der Waals surface area contributed by atoms with E-state index < -0.39 is 14.6 Å². The van der Waals surface area contributed by atoms with Crippen molar-refractivity contribution in [2.75, 3.05) is 12.8 Å². The summed E-state index contributed by atoms with van der Waals surface area (Å²) in [6.07, 6.45) is 3.17. The van der Waals surface area contributed by atoms with Crippen LogP contribution in [0, 0.1) is 0 Å². The molecule has 0 aliphatic rings. The van der Waals surface area contributed by atoms with Crippen LogP contribution in [-0.4, -0.2) is 32.0 Å². The molecule has 0 rings (SSSR count). The Morgan fingerprint density at radius 1 is 1.29 bits per heavy atom. The Morgan fingerprint density at radius 3 is 2.07 bits per heavy atom. The van der Waals surface area contributed by atoms with Gasteiger partial charge >= 0.3 is 0 Å². The largest absolute Gasteiger partial charge is 0.312 e. The van der Waals surface area contributed by atoms with Crippen molar-refractivity contribution in [3.8, 4) is 0 Å². The van der Waals surface area contributed by atoms with E-state index in [-0.39, 0.29) is 6.04 Å². The number of hydrogen-bond acceptors (Lipinski definition) is 3. The molecule has 0 aliphatic carbocycles. The van der Waals surface area contributed by atoms with Gasteiger partial charge in [0.05, 0.1) is 4.75 Å². The van der Waals surface area contributed by atoms with Gasteiger partial charge < -0.3 is 5.32 Å². The van der Waals surface area contributed by atoms with Gasteiger partial charge in [0.2, 0.25) is 0 Å². The lowest BCUT2D eigenvalue weighted by atomic mass is 10.0. The highest BCUT2D eigenvalue weighted by Crippen LogP contribution is 2.22. The Bertz CT molecular complexity index is 257. The first-order valence-electron chi connectivity index (χ1n) is 5.20. The van der Waals surface area contributed by atoms with Gasteiger partial charge in [0.1, 0.15) is 0 Å². The molecule has 4 heteroatoms. The van der Waals surface area contributed by atoms with Gasteiger partial charge in [-0.2, -0.15) is 0 Å². The minimum Gasteiger partial charge on any atom is -0.312 e. The Labute approximate surface area is 88.2 Å². The first-order chi connectivity index (χ1) is 6.27. The highest BCUT2D eigenvalue weighted by Gasteiger charge is 2.37. The van der Waals surface area contributed by atoms with Crippen molar-refractivity contribution < 1.29 is 8.42 Å². The fourth-order valence-electron chi connectivity index (χ4n) is 1.46. The summed E-state index contributed by atoms with van der Waals surface area (Å²) in [7, 11) is -3.01. The van der Waals surface area contributed by atoms with Crippen molar-refractivity contribution in [3.63, 3.8) is 0 Å². The van der Waals surface area contributed by atoms with E-state index >= 15 is 0 Å². The third-order valence-corrected chi connectivity index (χ3v) is 5.04. The quantitative estimate of drug-likeness (QED) is 0.741. The zero-order chi connectivity index (χ0) is 11.4. The second kappa shape index (κ2) is 5.12.